The van der Waals surface area contributed by atoms with Crippen LogP contribution in [0.4, 0.5) is 5.13 Å². The van der Waals surface area contributed by atoms with Gasteiger partial charge in [-0.2, -0.15) is 0 Å². The predicted molar refractivity (Wildman–Crippen MR) is 54.5 cm³/mol. The van der Waals surface area contributed by atoms with Crippen LogP contribution in [0.15, 0.2) is 6.20 Å². The van der Waals surface area contributed by atoms with Crippen molar-refractivity contribution in [3.8, 4) is 0 Å². The molecule has 2 heterocycles. The van der Waals surface area contributed by atoms with Gasteiger partial charge in [0.05, 0.1) is 6.20 Å². The first-order chi connectivity index (χ1) is 6.65. The lowest BCUT2D eigenvalue weighted by atomic mass is 10.6. The SMILES string of the molecule is CC(=O)Nc1nc2cnc(Cl)nc2s1. The molecular weight excluding hydrogens is 224 g/mol. The Balaban J connectivity index is 2.46. The van der Waals surface area contributed by atoms with Crippen molar-refractivity contribution >= 4 is 44.3 Å². The van der Waals surface area contributed by atoms with Crippen LogP contribution >= 0.6 is 22.9 Å². The molecule has 0 radical (unpaired) electrons. The summed E-state index contributed by atoms with van der Waals surface area (Å²) in [6.07, 6.45) is 1.52. The first kappa shape index (κ1) is 9.29. The molecule has 1 N–H and O–H groups in total. The van der Waals surface area contributed by atoms with Gasteiger partial charge in [0.2, 0.25) is 11.2 Å². The van der Waals surface area contributed by atoms with E-state index in [4.69, 9.17) is 11.6 Å². The minimum absolute atomic E-state index is 0.164. The molecular formula is C7H5ClN4OS. The van der Waals surface area contributed by atoms with Crippen molar-refractivity contribution < 1.29 is 4.79 Å². The van der Waals surface area contributed by atoms with Gasteiger partial charge in [-0.15, -0.1) is 0 Å². The fourth-order valence-corrected chi connectivity index (χ4v) is 1.96. The summed E-state index contributed by atoms with van der Waals surface area (Å²) in [6, 6.07) is 0. The second-order valence-electron chi connectivity index (χ2n) is 2.53. The van der Waals surface area contributed by atoms with Gasteiger partial charge in [0.15, 0.2) is 5.13 Å². The zero-order valence-electron chi connectivity index (χ0n) is 7.11. The lowest BCUT2D eigenvalue weighted by molar-refractivity contribution is -0.114. The second-order valence-corrected chi connectivity index (χ2v) is 3.85. The van der Waals surface area contributed by atoms with E-state index in [0.29, 0.717) is 15.5 Å². The molecule has 7 heteroatoms. The van der Waals surface area contributed by atoms with Gasteiger partial charge in [0.25, 0.3) is 0 Å². The molecule has 0 spiro atoms. The number of carbonyl (C=O) groups is 1. The summed E-state index contributed by atoms with van der Waals surface area (Å²) >= 11 is 6.86. The fraction of sp³-hybridized carbons (Fsp3) is 0.143. The van der Waals surface area contributed by atoms with E-state index in [0.717, 1.165) is 0 Å². The van der Waals surface area contributed by atoms with Crippen LogP contribution in [0.25, 0.3) is 10.3 Å². The van der Waals surface area contributed by atoms with E-state index < -0.39 is 0 Å². The van der Waals surface area contributed by atoms with Crippen LogP contribution in [-0.4, -0.2) is 20.9 Å². The molecule has 0 saturated heterocycles. The molecule has 0 aliphatic rings. The highest BCUT2D eigenvalue weighted by atomic mass is 35.5. The maximum Gasteiger partial charge on any atom is 0.223 e. The molecule has 0 atom stereocenters. The molecule has 0 fully saturated rings. The summed E-state index contributed by atoms with van der Waals surface area (Å²) in [6.45, 7) is 1.42. The third-order valence-electron chi connectivity index (χ3n) is 1.40. The number of hydrogen-bond donors (Lipinski definition) is 1. The van der Waals surface area contributed by atoms with E-state index in [2.05, 4.69) is 20.3 Å². The number of hydrogen-bond acceptors (Lipinski definition) is 5. The van der Waals surface area contributed by atoms with Gasteiger partial charge in [0.1, 0.15) is 10.3 Å². The maximum absolute atomic E-state index is 10.8. The number of aromatic nitrogens is 3. The second kappa shape index (κ2) is 3.47. The molecule has 2 aromatic heterocycles. The summed E-state index contributed by atoms with van der Waals surface area (Å²) in [5, 5.41) is 3.25. The van der Waals surface area contributed by atoms with Gasteiger partial charge >= 0.3 is 0 Å². The zero-order valence-corrected chi connectivity index (χ0v) is 8.69. The Morgan fingerprint density at radius 1 is 1.57 bits per heavy atom. The predicted octanol–water partition coefficient (Wildman–Crippen LogP) is 1.70. The average molecular weight is 229 g/mol. The molecule has 5 nitrogen and oxygen atoms in total. The maximum atomic E-state index is 10.8. The van der Waals surface area contributed by atoms with Crippen LogP contribution in [0.1, 0.15) is 6.92 Å². The van der Waals surface area contributed by atoms with Crippen LogP contribution in [0.3, 0.4) is 0 Å². The third kappa shape index (κ3) is 1.80. The number of thiazole rings is 1. The van der Waals surface area contributed by atoms with Gasteiger partial charge in [0, 0.05) is 6.92 Å². The number of carbonyl (C=O) groups excluding carboxylic acids is 1. The molecule has 0 aliphatic carbocycles. The smallest absolute Gasteiger partial charge is 0.223 e. The highest BCUT2D eigenvalue weighted by molar-refractivity contribution is 7.21. The largest absolute Gasteiger partial charge is 0.302 e. The fourth-order valence-electron chi connectivity index (χ4n) is 0.919. The molecule has 72 valence electrons. The quantitative estimate of drug-likeness (QED) is 0.755. The zero-order chi connectivity index (χ0) is 10.1. The van der Waals surface area contributed by atoms with Gasteiger partial charge in [-0.3, -0.25) is 4.79 Å². The van der Waals surface area contributed by atoms with Crippen molar-refractivity contribution in [2.75, 3.05) is 5.32 Å². The van der Waals surface area contributed by atoms with Crippen molar-refractivity contribution in [1.82, 2.24) is 15.0 Å². The van der Waals surface area contributed by atoms with Crippen LogP contribution < -0.4 is 5.32 Å². The Labute approximate surface area is 88.2 Å². The number of halogens is 1. The van der Waals surface area contributed by atoms with Crippen molar-refractivity contribution in [1.29, 1.82) is 0 Å². The number of amides is 1. The van der Waals surface area contributed by atoms with E-state index in [-0.39, 0.29) is 11.2 Å². The van der Waals surface area contributed by atoms with E-state index in [9.17, 15) is 4.79 Å². The number of anilines is 1. The molecule has 0 aliphatic heterocycles. The molecule has 2 aromatic rings. The van der Waals surface area contributed by atoms with Gasteiger partial charge in [-0.05, 0) is 11.6 Å². The van der Waals surface area contributed by atoms with Gasteiger partial charge in [-0.1, -0.05) is 11.3 Å². The monoisotopic (exact) mass is 228 g/mol. The standard InChI is InChI=1S/C7H5ClN4OS/c1-3(13)10-7-11-4-2-9-6(8)12-5(4)14-7/h2H,1H3,(H,10,11,13). The Hall–Kier alpha value is -1.27. The minimum atomic E-state index is -0.164. The van der Waals surface area contributed by atoms with E-state index in [1.54, 1.807) is 0 Å². The number of fused-ring (bicyclic) bond motifs is 1. The lowest BCUT2D eigenvalue weighted by Crippen LogP contribution is -2.04. The summed E-state index contributed by atoms with van der Waals surface area (Å²) in [5.74, 6) is -0.164. The first-order valence-corrected chi connectivity index (χ1v) is 4.91. The molecule has 14 heavy (non-hydrogen) atoms. The summed E-state index contributed by atoms with van der Waals surface area (Å²) in [4.78, 5) is 23.3. The molecule has 0 aromatic carbocycles. The van der Waals surface area contributed by atoms with E-state index in [1.165, 1.54) is 24.5 Å². The summed E-state index contributed by atoms with van der Waals surface area (Å²) in [5.41, 5.74) is 0.628. The van der Waals surface area contributed by atoms with E-state index >= 15 is 0 Å². The normalized spacial score (nSPS) is 10.4. The molecule has 0 unspecified atom stereocenters. The minimum Gasteiger partial charge on any atom is -0.302 e. The number of rotatable bonds is 1. The lowest BCUT2D eigenvalue weighted by Gasteiger charge is -1.90. The van der Waals surface area contributed by atoms with Crippen LogP contribution in [-0.2, 0) is 4.79 Å². The first-order valence-electron chi connectivity index (χ1n) is 3.72. The van der Waals surface area contributed by atoms with E-state index in [1.807, 2.05) is 0 Å². The Kier molecular flexibility index (Phi) is 2.30. The molecule has 0 bridgehead atoms. The van der Waals surface area contributed by atoms with Crippen molar-refractivity contribution in [3.05, 3.63) is 11.5 Å². The molecule has 1 amide bonds. The summed E-state index contributed by atoms with van der Waals surface area (Å²) in [7, 11) is 0. The topological polar surface area (TPSA) is 67.8 Å². The van der Waals surface area contributed by atoms with Crippen LogP contribution in [0.5, 0.6) is 0 Å². The Morgan fingerprint density at radius 2 is 2.36 bits per heavy atom. The number of nitrogens with zero attached hydrogens (tertiary/aromatic N) is 3. The van der Waals surface area contributed by atoms with Crippen molar-refractivity contribution in [2.45, 2.75) is 6.92 Å². The third-order valence-corrected chi connectivity index (χ3v) is 2.47. The van der Waals surface area contributed by atoms with Crippen molar-refractivity contribution in [2.24, 2.45) is 0 Å². The Bertz CT molecular complexity index is 497. The molecule has 0 saturated carbocycles. The number of nitrogens with one attached hydrogen (secondary N) is 1. The Morgan fingerprint density at radius 3 is 3.07 bits per heavy atom. The van der Waals surface area contributed by atoms with Crippen LogP contribution in [0.2, 0.25) is 5.28 Å². The molecule has 2 rings (SSSR count). The van der Waals surface area contributed by atoms with Crippen molar-refractivity contribution in [3.63, 3.8) is 0 Å². The highest BCUT2D eigenvalue weighted by Gasteiger charge is 2.06. The average Bonchev–Trinajstić information content (AvgIpc) is 2.44. The van der Waals surface area contributed by atoms with Gasteiger partial charge in [-0.25, -0.2) is 15.0 Å². The summed E-state index contributed by atoms with van der Waals surface area (Å²) < 4.78 is 0. The highest BCUT2D eigenvalue weighted by Crippen LogP contribution is 2.24. The van der Waals surface area contributed by atoms with Crippen LogP contribution in [0, 0.1) is 0 Å². The van der Waals surface area contributed by atoms with Gasteiger partial charge < -0.3 is 5.32 Å².